The van der Waals surface area contributed by atoms with E-state index in [2.05, 4.69) is 5.32 Å². The van der Waals surface area contributed by atoms with Crippen LogP contribution in [0, 0.1) is 10.1 Å². The minimum Gasteiger partial charge on any atom is -0.492 e. The van der Waals surface area contributed by atoms with Crippen LogP contribution in [-0.4, -0.2) is 32.7 Å². The maximum Gasteiger partial charge on any atom is 0.293 e. The molecule has 0 radical (unpaired) electrons. The topological polar surface area (TPSA) is 98.5 Å². The molecule has 0 unspecified atom stereocenters. The maximum absolute atomic E-state index is 11.5. The van der Waals surface area contributed by atoms with E-state index in [1.807, 2.05) is 0 Å². The Morgan fingerprint density at radius 3 is 2.46 bits per heavy atom. The van der Waals surface area contributed by atoms with Crippen molar-refractivity contribution in [1.29, 1.82) is 0 Å². The quantitative estimate of drug-likeness (QED) is 0.456. The summed E-state index contributed by atoms with van der Waals surface area (Å²) in [6.45, 7) is 0.578. The molecule has 0 fully saturated rings. The van der Waals surface area contributed by atoms with E-state index in [0.29, 0.717) is 17.3 Å². The van der Waals surface area contributed by atoms with E-state index in [1.54, 1.807) is 24.3 Å². The number of nitro groups is 1. The molecule has 128 valence electrons. The van der Waals surface area contributed by atoms with E-state index in [0.717, 1.165) is 12.3 Å². The van der Waals surface area contributed by atoms with Gasteiger partial charge in [-0.15, -0.1) is 0 Å². The second-order valence-corrected chi connectivity index (χ2v) is 7.39. The number of hydrogen-bond acceptors (Lipinski definition) is 6. The third-order valence-corrected chi connectivity index (χ3v) is 4.46. The second kappa shape index (κ2) is 7.50. The molecule has 0 heterocycles. The number of nitrogens with one attached hydrogen (secondary N) is 1. The Balaban J connectivity index is 2.01. The first-order valence-corrected chi connectivity index (χ1v) is 9.15. The maximum atomic E-state index is 11.5. The van der Waals surface area contributed by atoms with Crippen LogP contribution >= 0.6 is 11.6 Å². The van der Waals surface area contributed by atoms with E-state index >= 15 is 0 Å². The largest absolute Gasteiger partial charge is 0.492 e. The third kappa shape index (κ3) is 4.84. The molecule has 2 aromatic carbocycles. The Kier molecular flexibility index (Phi) is 5.63. The third-order valence-electron chi connectivity index (χ3n) is 3.09. The van der Waals surface area contributed by atoms with Crippen molar-refractivity contribution in [1.82, 2.24) is 0 Å². The summed E-state index contributed by atoms with van der Waals surface area (Å²) < 4.78 is 28.4. The molecule has 0 aliphatic heterocycles. The first-order chi connectivity index (χ1) is 11.3. The van der Waals surface area contributed by atoms with Crippen LogP contribution in [0.1, 0.15) is 0 Å². The highest BCUT2D eigenvalue weighted by atomic mass is 35.5. The minimum atomic E-state index is -3.51. The van der Waals surface area contributed by atoms with Gasteiger partial charge in [0.25, 0.3) is 5.69 Å². The Morgan fingerprint density at radius 1 is 1.21 bits per heavy atom. The Morgan fingerprint density at radius 2 is 1.88 bits per heavy atom. The van der Waals surface area contributed by atoms with E-state index in [4.69, 9.17) is 16.3 Å². The summed E-state index contributed by atoms with van der Waals surface area (Å²) in [4.78, 5) is 10.4. The zero-order chi connectivity index (χ0) is 17.7. The number of halogens is 1. The first kappa shape index (κ1) is 18.0. The van der Waals surface area contributed by atoms with Crippen LogP contribution in [-0.2, 0) is 9.84 Å². The van der Waals surface area contributed by atoms with Crippen LogP contribution in [0.15, 0.2) is 47.4 Å². The molecule has 1 N–H and O–H groups in total. The fourth-order valence-corrected chi connectivity index (χ4v) is 2.69. The van der Waals surface area contributed by atoms with E-state index < -0.39 is 14.8 Å². The molecule has 0 spiro atoms. The van der Waals surface area contributed by atoms with Crippen molar-refractivity contribution >= 4 is 32.8 Å². The van der Waals surface area contributed by atoms with Crippen molar-refractivity contribution in [2.45, 2.75) is 4.90 Å². The SMILES string of the molecule is CS(=O)(=O)c1ccc(NCCOc2ccc(Cl)cc2)c([N+](=O)[O-])c1. The summed E-state index contributed by atoms with van der Waals surface area (Å²) in [7, 11) is -3.51. The molecule has 0 atom stereocenters. The lowest BCUT2D eigenvalue weighted by Crippen LogP contribution is -2.12. The van der Waals surface area contributed by atoms with Crippen molar-refractivity contribution in [2.24, 2.45) is 0 Å². The molecule has 0 saturated heterocycles. The van der Waals surface area contributed by atoms with E-state index in [9.17, 15) is 18.5 Å². The second-order valence-electron chi connectivity index (χ2n) is 4.94. The Bertz CT molecular complexity index is 837. The average Bonchev–Trinajstić information content (AvgIpc) is 2.52. The standard InChI is InChI=1S/C15H15ClN2O5S/c1-24(21,22)13-6-7-14(15(10-13)18(19)20)17-8-9-23-12-4-2-11(16)3-5-12/h2-7,10,17H,8-9H2,1H3. The van der Waals surface area contributed by atoms with Crippen molar-refractivity contribution in [3.8, 4) is 5.75 Å². The smallest absolute Gasteiger partial charge is 0.293 e. The average molecular weight is 371 g/mol. The van der Waals surface area contributed by atoms with Crippen molar-refractivity contribution in [3.05, 3.63) is 57.6 Å². The van der Waals surface area contributed by atoms with Gasteiger partial charge in [0.2, 0.25) is 0 Å². The van der Waals surface area contributed by atoms with Gasteiger partial charge in [0.05, 0.1) is 9.82 Å². The summed E-state index contributed by atoms with van der Waals surface area (Å²) in [5.74, 6) is 0.628. The van der Waals surface area contributed by atoms with Crippen LogP contribution in [0.25, 0.3) is 0 Å². The van der Waals surface area contributed by atoms with Gasteiger partial charge < -0.3 is 10.1 Å². The number of sulfone groups is 1. The molecule has 0 aliphatic rings. The monoisotopic (exact) mass is 370 g/mol. The van der Waals surface area contributed by atoms with Crippen LogP contribution < -0.4 is 10.1 Å². The van der Waals surface area contributed by atoms with Crippen molar-refractivity contribution in [2.75, 3.05) is 24.7 Å². The molecule has 24 heavy (non-hydrogen) atoms. The molecule has 9 heteroatoms. The number of anilines is 1. The fourth-order valence-electron chi connectivity index (χ4n) is 1.93. The van der Waals surface area contributed by atoms with Gasteiger partial charge in [-0.1, -0.05) is 11.6 Å². The highest BCUT2D eigenvalue weighted by molar-refractivity contribution is 7.90. The van der Waals surface area contributed by atoms with Crippen LogP contribution in [0.3, 0.4) is 0 Å². The normalized spacial score (nSPS) is 11.1. The molecule has 0 aliphatic carbocycles. The van der Waals surface area contributed by atoms with Crippen molar-refractivity contribution in [3.63, 3.8) is 0 Å². The number of hydrogen-bond donors (Lipinski definition) is 1. The van der Waals surface area contributed by atoms with Gasteiger partial charge in [0.1, 0.15) is 18.0 Å². The van der Waals surface area contributed by atoms with Gasteiger partial charge >= 0.3 is 0 Å². The molecule has 0 saturated carbocycles. The summed E-state index contributed by atoms with van der Waals surface area (Å²) in [6.07, 6.45) is 0.999. The zero-order valence-electron chi connectivity index (χ0n) is 12.7. The van der Waals surface area contributed by atoms with E-state index in [1.165, 1.54) is 12.1 Å². The summed E-state index contributed by atoms with van der Waals surface area (Å²) in [6, 6.07) is 10.6. The lowest BCUT2D eigenvalue weighted by atomic mass is 10.2. The fraction of sp³-hybridized carbons (Fsp3) is 0.200. The Hall–Kier alpha value is -2.32. The number of benzene rings is 2. The van der Waals surface area contributed by atoms with Crippen molar-refractivity contribution < 1.29 is 18.1 Å². The molecule has 7 nitrogen and oxygen atoms in total. The predicted octanol–water partition coefficient (Wildman–Crippen LogP) is 3.14. The minimum absolute atomic E-state index is 0.0998. The lowest BCUT2D eigenvalue weighted by molar-refractivity contribution is -0.384. The molecule has 0 bridgehead atoms. The van der Waals surface area contributed by atoms with Crippen LogP contribution in [0.4, 0.5) is 11.4 Å². The Labute approximate surface area is 144 Å². The molecule has 0 aromatic heterocycles. The first-order valence-electron chi connectivity index (χ1n) is 6.88. The van der Waals surface area contributed by atoms with E-state index in [-0.39, 0.29) is 22.9 Å². The van der Waals surface area contributed by atoms with Gasteiger partial charge in [0.15, 0.2) is 9.84 Å². The van der Waals surface area contributed by atoms with Gasteiger partial charge in [-0.2, -0.15) is 0 Å². The molecule has 2 aromatic rings. The molecule has 0 amide bonds. The van der Waals surface area contributed by atoms with Gasteiger partial charge in [-0.05, 0) is 36.4 Å². The van der Waals surface area contributed by atoms with Gasteiger partial charge in [-0.25, -0.2) is 8.42 Å². The van der Waals surface area contributed by atoms with Gasteiger partial charge in [-0.3, -0.25) is 10.1 Å². The molecular formula is C15H15ClN2O5S. The number of nitrogens with zero attached hydrogens (tertiary/aromatic N) is 1. The number of rotatable bonds is 7. The van der Waals surface area contributed by atoms with Crippen LogP contribution in [0.2, 0.25) is 5.02 Å². The highest BCUT2D eigenvalue weighted by Gasteiger charge is 2.18. The predicted molar refractivity (Wildman–Crippen MR) is 91.6 cm³/mol. The van der Waals surface area contributed by atoms with Gasteiger partial charge in [0, 0.05) is 23.9 Å². The zero-order valence-corrected chi connectivity index (χ0v) is 14.3. The number of ether oxygens (including phenoxy) is 1. The van der Waals surface area contributed by atoms with Crippen LogP contribution in [0.5, 0.6) is 5.75 Å². The molecular weight excluding hydrogens is 356 g/mol. The number of nitro benzene ring substituents is 1. The highest BCUT2D eigenvalue weighted by Crippen LogP contribution is 2.27. The molecule has 2 rings (SSSR count). The summed E-state index contributed by atoms with van der Waals surface area (Å²) >= 11 is 5.77. The summed E-state index contributed by atoms with van der Waals surface area (Å²) in [5.41, 5.74) is -0.0727. The summed E-state index contributed by atoms with van der Waals surface area (Å²) in [5, 5.41) is 14.6. The lowest BCUT2D eigenvalue weighted by Gasteiger charge is -2.10.